The predicted molar refractivity (Wildman–Crippen MR) is 36.5 cm³/mol. The van der Waals surface area contributed by atoms with Crippen molar-refractivity contribution in [2.45, 2.75) is 18.6 Å². The Kier molecular flexibility index (Phi) is 2.29. The van der Waals surface area contributed by atoms with E-state index in [0.717, 1.165) is 5.76 Å². The van der Waals surface area contributed by atoms with Gasteiger partial charge in [0.15, 0.2) is 0 Å². The van der Waals surface area contributed by atoms with E-state index in [-0.39, 0.29) is 6.10 Å². The summed E-state index contributed by atoms with van der Waals surface area (Å²) in [6, 6.07) is 0. The van der Waals surface area contributed by atoms with Gasteiger partial charge in [0, 0.05) is 13.5 Å². The lowest BCUT2D eigenvalue weighted by molar-refractivity contribution is 0.0197. The quantitative estimate of drug-likeness (QED) is 0.605. The van der Waals surface area contributed by atoms with Gasteiger partial charge in [-0.1, -0.05) is 0 Å². The van der Waals surface area contributed by atoms with E-state index in [1.54, 1.807) is 20.3 Å². The van der Waals surface area contributed by atoms with E-state index >= 15 is 0 Å². The lowest BCUT2D eigenvalue weighted by atomic mass is 10.2. The maximum absolute atomic E-state index is 9.21. The molecule has 0 aromatic carbocycles. The molecule has 0 saturated carbocycles. The van der Waals surface area contributed by atoms with E-state index in [9.17, 15) is 5.11 Å². The van der Waals surface area contributed by atoms with Gasteiger partial charge < -0.3 is 14.6 Å². The first-order valence-electron chi connectivity index (χ1n) is 3.23. The molecule has 3 heteroatoms. The van der Waals surface area contributed by atoms with E-state index in [0.29, 0.717) is 6.42 Å². The minimum absolute atomic E-state index is 0.116. The van der Waals surface area contributed by atoms with Gasteiger partial charge >= 0.3 is 0 Å². The molecular weight excluding hydrogens is 132 g/mol. The van der Waals surface area contributed by atoms with Crippen LogP contribution in [-0.4, -0.2) is 31.5 Å². The van der Waals surface area contributed by atoms with Crippen molar-refractivity contribution in [3.63, 3.8) is 0 Å². The highest BCUT2D eigenvalue weighted by molar-refractivity contribution is 5.09. The van der Waals surface area contributed by atoms with Gasteiger partial charge in [-0.2, -0.15) is 0 Å². The van der Waals surface area contributed by atoms with Gasteiger partial charge in [-0.3, -0.25) is 0 Å². The van der Waals surface area contributed by atoms with Gasteiger partial charge in [-0.05, 0) is 6.08 Å². The van der Waals surface area contributed by atoms with Crippen molar-refractivity contribution < 1.29 is 14.6 Å². The summed E-state index contributed by atoms with van der Waals surface area (Å²) in [5.74, 6) is 0.805. The largest absolute Gasteiger partial charge is 0.501 e. The number of hydrogen-bond donors (Lipinski definition) is 1. The third-order valence-corrected chi connectivity index (χ3v) is 1.70. The zero-order valence-electron chi connectivity index (χ0n) is 6.20. The van der Waals surface area contributed by atoms with Gasteiger partial charge in [0.25, 0.3) is 0 Å². The molecule has 0 aliphatic heterocycles. The summed E-state index contributed by atoms with van der Waals surface area (Å²) in [5.41, 5.74) is 0. The van der Waals surface area contributed by atoms with Crippen LogP contribution < -0.4 is 0 Å². The second-order valence-corrected chi connectivity index (χ2v) is 2.31. The Morgan fingerprint density at radius 1 is 1.60 bits per heavy atom. The molecule has 1 rings (SSSR count). The lowest BCUT2D eigenvalue weighted by Crippen LogP contribution is -2.21. The molecule has 0 heterocycles. The van der Waals surface area contributed by atoms with Crippen LogP contribution in [-0.2, 0) is 9.47 Å². The molecule has 2 atom stereocenters. The van der Waals surface area contributed by atoms with Gasteiger partial charge in [-0.25, -0.2) is 0 Å². The Morgan fingerprint density at radius 3 is 2.60 bits per heavy atom. The summed E-state index contributed by atoms with van der Waals surface area (Å²) in [6.45, 7) is 0. The Hall–Kier alpha value is -0.540. The molecule has 1 aliphatic carbocycles. The Balaban J connectivity index is 2.49. The highest BCUT2D eigenvalue weighted by atomic mass is 16.5. The third kappa shape index (κ3) is 1.30. The standard InChI is InChI=1S/C7H12O3/c1-9-5-3-6(8)7(4-5)10-2/h3,6-8H,4H2,1-2H3. The molecule has 0 amide bonds. The molecular formula is C7H12O3. The van der Waals surface area contributed by atoms with Crippen molar-refractivity contribution in [2.75, 3.05) is 14.2 Å². The average molecular weight is 144 g/mol. The molecule has 58 valence electrons. The fraction of sp³-hybridized carbons (Fsp3) is 0.714. The lowest BCUT2D eigenvalue weighted by Gasteiger charge is -2.10. The monoisotopic (exact) mass is 144 g/mol. The predicted octanol–water partition coefficient (Wildman–Crippen LogP) is 0.296. The molecule has 3 nitrogen and oxygen atoms in total. The SMILES string of the molecule is COC1=CC(O)C(OC)C1. The third-order valence-electron chi connectivity index (χ3n) is 1.70. The van der Waals surface area contributed by atoms with Crippen LogP contribution in [0.25, 0.3) is 0 Å². The van der Waals surface area contributed by atoms with Crippen LogP contribution in [0, 0.1) is 0 Å². The van der Waals surface area contributed by atoms with E-state index in [1.807, 2.05) is 0 Å². The first-order chi connectivity index (χ1) is 4.77. The fourth-order valence-corrected chi connectivity index (χ4v) is 1.06. The molecule has 10 heavy (non-hydrogen) atoms. The van der Waals surface area contributed by atoms with E-state index < -0.39 is 6.10 Å². The Morgan fingerprint density at radius 2 is 2.30 bits per heavy atom. The summed E-state index contributed by atoms with van der Waals surface area (Å²) >= 11 is 0. The van der Waals surface area contributed by atoms with Crippen molar-refractivity contribution in [1.29, 1.82) is 0 Å². The summed E-state index contributed by atoms with van der Waals surface area (Å²) in [4.78, 5) is 0. The second-order valence-electron chi connectivity index (χ2n) is 2.31. The molecule has 0 aromatic rings. The number of aliphatic hydroxyl groups excluding tert-OH is 1. The van der Waals surface area contributed by atoms with Crippen LogP contribution in [0.1, 0.15) is 6.42 Å². The smallest absolute Gasteiger partial charge is 0.102 e. The number of hydrogen-bond acceptors (Lipinski definition) is 3. The molecule has 0 spiro atoms. The molecule has 0 saturated heterocycles. The summed E-state index contributed by atoms with van der Waals surface area (Å²) in [6.07, 6.45) is 1.73. The highest BCUT2D eigenvalue weighted by Gasteiger charge is 2.25. The highest BCUT2D eigenvalue weighted by Crippen LogP contribution is 2.21. The van der Waals surface area contributed by atoms with Crippen molar-refractivity contribution in [3.05, 3.63) is 11.8 Å². The fourth-order valence-electron chi connectivity index (χ4n) is 1.06. The van der Waals surface area contributed by atoms with Crippen LogP contribution in [0.15, 0.2) is 11.8 Å². The first-order valence-corrected chi connectivity index (χ1v) is 3.23. The van der Waals surface area contributed by atoms with Crippen LogP contribution in [0.2, 0.25) is 0 Å². The molecule has 0 radical (unpaired) electrons. The molecule has 2 unspecified atom stereocenters. The van der Waals surface area contributed by atoms with Gasteiger partial charge in [0.05, 0.1) is 19.0 Å². The zero-order chi connectivity index (χ0) is 7.56. The van der Waals surface area contributed by atoms with Gasteiger partial charge in [0.2, 0.25) is 0 Å². The maximum Gasteiger partial charge on any atom is 0.102 e. The molecule has 0 aromatic heterocycles. The molecule has 1 aliphatic rings. The van der Waals surface area contributed by atoms with Crippen molar-refractivity contribution >= 4 is 0 Å². The van der Waals surface area contributed by atoms with Crippen molar-refractivity contribution in [2.24, 2.45) is 0 Å². The van der Waals surface area contributed by atoms with E-state index in [2.05, 4.69) is 0 Å². The van der Waals surface area contributed by atoms with Crippen LogP contribution in [0.4, 0.5) is 0 Å². The number of rotatable bonds is 2. The van der Waals surface area contributed by atoms with Crippen LogP contribution >= 0.6 is 0 Å². The zero-order valence-corrected chi connectivity index (χ0v) is 6.20. The van der Waals surface area contributed by atoms with Gasteiger partial charge in [-0.15, -0.1) is 0 Å². The minimum Gasteiger partial charge on any atom is -0.501 e. The molecule has 0 bridgehead atoms. The summed E-state index contributed by atoms with van der Waals surface area (Å²) < 4.78 is 9.91. The first kappa shape index (κ1) is 7.57. The Labute approximate surface area is 60.3 Å². The summed E-state index contributed by atoms with van der Waals surface area (Å²) in [5, 5.41) is 9.21. The number of ether oxygens (including phenoxy) is 2. The molecule has 1 N–H and O–H groups in total. The van der Waals surface area contributed by atoms with E-state index in [1.165, 1.54) is 0 Å². The Bertz CT molecular complexity index is 142. The van der Waals surface area contributed by atoms with Crippen molar-refractivity contribution in [1.82, 2.24) is 0 Å². The molecule has 0 fully saturated rings. The second kappa shape index (κ2) is 3.03. The normalized spacial score (nSPS) is 32.1. The van der Waals surface area contributed by atoms with Gasteiger partial charge in [0.1, 0.15) is 6.10 Å². The number of methoxy groups -OCH3 is 2. The van der Waals surface area contributed by atoms with Crippen molar-refractivity contribution in [3.8, 4) is 0 Å². The number of aliphatic hydroxyl groups is 1. The van der Waals surface area contributed by atoms with Crippen LogP contribution in [0.3, 0.4) is 0 Å². The van der Waals surface area contributed by atoms with Crippen LogP contribution in [0.5, 0.6) is 0 Å². The van der Waals surface area contributed by atoms with E-state index in [4.69, 9.17) is 9.47 Å². The topological polar surface area (TPSA) is 38.7 Å². The maximum atomic E-state index is 9.21. The summed E-state index contributed by atoms with van der Waals surface area (Å²) in [7, 11) is 3.18. The minimum atomic E-state index is -0.500. The average Bonchev–Trinajstić information content (AvgIpc) is 2.30.